The molecular formula is C14H29NO. The number of hydrogen-bond acceptors (Lipinski definition) is 1. The van der Waals surface area contributed by atoms with Gasteiger partial charge in [-0.2, -0.15) is 0 Å². The van der Waals surface area contributed by atoms with Crippen LogP contribution in [0.1, 0.15) is 67.2 Å². The van der Waals surface area contributed by atoms with Crippen LogP contribution in [0.2, 0.25) is 0 Å². The molecule has 1 N–H and O–H groups in total. The fourth-order valence-corrected chi connectivity index (χ4v) is 1.42. The summed E-state index contributed by atoms with van der Waals surface area (Å²) in [5.41, 5.74) is 0.624. The molecule has 0 aromatic heterocycles. The second-order valence-electron chi connectivity index (χ2n) is 7.07. The van der Waals surface area contributed by atoms with Gasteiger partial charge in [-0.1, -0.05) is 41.5 Å². The molecule has 16 heavy (non-hydrogen) atoms. The maximum absolute atomic E-state index is 11.5. The van der Waals surface area contributed by atoms with Crippen molar-refractivity contribution in [3.63, 3.8) is 0 Å². The second kappa shape index (κ2) is 6.27. The van der Waals surface area contributed by atoms with E-state index in [0.717, 1.165) is 25.8 Å². The van der Waals surface area contributed by atoms with Crippen molar-refractivity contribution in [3.05, 3.63) is 0 Å². The van der Waals surface area contributed by atoms with E-state index >= 15 is 0 Å². The Balaban J connectivity index is 3.52. The molecule has 1 amide bonds. The molecule has 0 aromatic carbocycles. The number of carbonyl (C=O) groups excluding carboxylic acids is 1. The molecule has 0 bridgehead atoms. The van der Waals surface area contributed by atoms with Gasteiger partial charge in [-0.3, -0.25) is 4.79 Å². The number of carbonyl (C=O) groups is 1. The van der Waals surface area contributed by atoms with Crippen molar-refractivity contribution in [2.45, 2.75) is 67.2 Å². The average Bonchev–Trinajstić information content (AvgIpc) is 2.06. The highest BCUT2D eigenvalue weighted by atomic mass is 16.1. The molecule has 0 radical (unpaired) electrons. The third kappa shape index (κ3) is 11.5. The van der Waals surface area contributed by atoms with Crippen LogP contribution in [0.15, 0.2) is 0 Å². The van der Waals surface area contributed by atoms with E-state index in [1.54, 1.807) is 0 Å². The maximum Gasteiger partial charge on any atom is 0.220 e. The monoisotopic (exact) mass is 227 g/mol. The summed E-state index contributed by atoms with van der Waals surface area (Å²) < 4.78 is 0. The number of nitrogens with one attached hydrogen (secondary N) is 1. The predicted molar refractivity (Wildman–Crippen MR) is 70.4 cm³/mol. The first-order valence-electron chi connectivity index (χ1n) is 6.37. The van der Waals surface area contributed by atoms with E-state index in [2.05, 4.69) is 46.9 Å². The summed E-state index contributed by atoms with van der Waals surface area (Å²) >= 11 is 0. The summed E-state index contributed by atoms with van der Waals surface area (Å²) in [5, 5.41) is 2.99. The first-order chi connectivity index (χ1) is 7.10. The van der Waals surface area contributed by atoms with Crippen molar-refractivity contribution < 1.29 is 4.79 Å². The van der Waals surface area contributed by atoms with Crippen LogP contribution < -0.4 is 5.32 Å². The van der Waals surface area contributed by atoms with Crippen LogP contribution >= 0.6 is 0 Å². The van der Waals surface area contributed by atoms with Crippen molar-refractivity contribution in [3.8, 4) is 0 Å². The summed E-state index contributed by atoms with van der Waals surface area (Å²) in [6.07, 6.45) is 3.84. The van der Waals surface area contributed by atoms with E-state index in [1.807, 2.05) is 0 Å². The quantitative estimate of drug-likeness (QED) is 0.712. The molecule has 0 rings (SSSR count). The summed E-state index contributed by atoms with van der Waals surface area (Å²) in [6, 6.07) is 0. The zero-order valence-corrected chi connectivity index (χ0v) is 11.9. The molecule has 0 aliphatic carbocycles. The first kappa shape index (κ1) is 15.5. The van der Waals surface area contributed by atoms with Gasteiger partial charge < -0.3 is 5.32 Å². The Bertz CT molecular complexity index is 208. The lowest BCUT2D eigenvalue weighted by atomic mass is 9.90. The van der Waals surface area contributed by atoms with Gasteiger partial charge in [0.05, 0.1) is 0 Å². The fraction of sp³-hybridized carbons (Fsp3) is 0.929. The lowest BCUT2D eigenvalue weighted by Gasteiger charge is -2.19. The summed E-state index contributed by atoms with van der Waals surface area (Å²) in [4.78, 5) is 11.5. The zero-order valence-electron chi connectivity index (χ0n) is 11.9. The van der Waals surface area contributed by atoms with Gasteiger partial charge in [0.25, 0.3) is 0 Å². The Morgan fingerprint density at radius 1 is 0.938 bits per heavy atom. The molecule has 0 fully saturated rings. The molecule has 0 aromatic rings. The highest BCUT2D eigenvalue weighted by molar-refractivity contribution is 5.75. The molecule has 0 saturated carbocycles. The Kier molecular flexibility index (Phi) is 6.06. The minimum absolute atomic E-state index is 0.198. The van der Waals surface area contributed by atoms with Crippen molar-refractivity contribution in [1.82, 2.24) is 5.32 Å². The molecule has 0 unspecified atom stereocenters. The summed E-state index contributed by atoms with van der Waals surface area (Å²) in [7, 11) is 0. The van der Waals surface area contributed by atoms with Crippen LogP contribution in [0.5, 0.6) is 0 Å². The van der Waals surface area contributed by atoms with Crippen molar-refractivity contribution in [2.24, 2.45) is 10.8 Å². The van der Waals surface area contributed by atoms with Gasteiger partial charge in [-0.25, -0.2) is 0 Å². The maximum atomic E-state index is 11.5. The Hall–Kier alpha value is -0.530. The smallest absolute Gasteiger partial charge is 0.220 e. The van der Waals surface area contributed by atoms with Crippen LogP contribution in [0.3, 0.4) is 0 Å². The minimum Gasteiger partial charge on any atom is -0.356 e. The standard InChI is InChI=1S/C14H29NO/c1-13(2,3)9-7-11-15-12(16)8-10-14(4,5)6/h7-11H2,1-6H3,(H,15,16). The largest absolute Gasteiger partial charge is 0.356 e. The highest BCUT2D eigenvalue weighted by Crippen LogP contribution is 2.21. The SMILES string of the molecule is CC(C)(C)CCCNC(=O)CCC(C)(C)C. The van der Waals surface area contributed by atoms with Crippen molar-refractivity contribution >= 4 is 5.91 Å². The zero-order chi connectivity index (χ0) is 12.8. The van der Waals surface area contributed by atoms with Crippen LogP contribution in [0.4, 0.5) is 0 Å². The molecule has 0 aliphatic heterocycles. The van der Waals surface area contributed by atoms with Gasteiger partial charge in [0.15, 0.2) is 0 Å². The summed E-state index contributed by atoms with van der Waals surface area (Å²) in [5.74, 6) is 0.198. The second-order valence-corrected chi connectivity index (χ2v) is 7.07. The Labute approximate surface area is 101 Å². The number of rotatable bonds is 5. The van der Waals surface area contributed by atoms with E-state index < -0.39 is 0 Å². The fourth-order valence-electron chi connectivity index (χ4n) is 1.42. The molecule has 0 spiro atoms. The minimum atomic E-state index is 0.198. The molecule has 2 heteroatoms. The number of hydrogen-bond donors (Lipinski definition) is 1. The highest BCUT2D eigenvalue weighted by Gasteiger charge is 2.13. The first-order valence-corrected chi connectivity index (χ1v) is 6.37. The topological polar surface area (TPSA) is 29.1 Å². The van der Waals surface area contributed by atoms with Crippen LogP contribution in [-0.4, -0.2) is 12.5 Å². The molecule has 0 heterocycles. The van der Waals surface area contributed by atoms with E-state index in [1.165, 1.54) is 0 Å². The lowest BCUT2D eigenvalue weighted by Crippen LogP contribution is -2.26. The Morgan fingerprint density at radius 2 is 1.44 bits per heavy atom. The van der Waals surface area contributed by atoms with Gasteiger partial charge >= 0.3 is 0 Å². The molecular weight excluding hydrogens is 198 g/mol. The molecule has 0 saturated heterocycles. The van der Waals surface area contributed by atoms with Crippen molar-refractivity contribution in [2.75, 3.05) is 6.54 Å². The molecule has 0 aliphatic rings. The molecule has 2 nitrogen and oxygen atoms in total. The molecule has 96 valence electrons. The van der Waals surface area contributed by atoms with E-state index in [0.29, 0.717) is 11.8 Å². The molecule has 0 atom stereocenters. The van der Waals surface area contributed by atoms with Gasteiger partial charge in [0.2, 0.25) is 5.91 Å². The van der Waals surface area contributed by atoms with Crippen molar-refractivity contribution in [1.29, 1.82) is 0 Å². The predicted octanol–water partition coefficient (Wildman–Crippen LogP) is 3.76. The number of amides is 1. The lowest BCUT2D eigenvalue weighted by molar-refractivity contribution is -0.121. The van der Waals surface area contributed by atoms with Crippen LogP contribution in [-0.2, 0) is 4.79 Å². The average molecular weight is 227 g/mol. The third-order valence-corrected chi connectivity index (χ3v) is 2.53. The van der Waals surface area contributed by atoms with E-state index in [4.69, 9.17) is 0 Å². The van der Waals surface area contributed by atoms with Gasteiger partial charge in [0, 0.05) is 13.0 Å². The van der Waals surface area contributed by atoms with E-state index in [9.17, 15) is 4.79 Å². The third-order valence-electron chi connectivity index (χ3n) is 2.53. The van der Waals surface area contributed by atoms with Gasteiger partial charge in [-0.15, -0.1) is 0 Å². The van der Waals surface area contributed by atoms with Crippen LogP contribution in [0, 0.1) is 10.8 Å². The van der Waals surface area contributed by atoms with Gasteiger partial charge in [-0.05, 0) is 30.1 Å². The normalized spacial score (nSPS) is 12.6. The van der Waals surface area contributed by atoms with Crippen LogP contribution in [0.25, 0.3) is 0 Å². The van der Waals surface area contributed by atoms with Gasteiger partial charge in [0.1, 0.15) is 0 Å². The Morgan fingerprint density at radius 3 is 1.88 bits per heavy atom. The summed E-state index contributed by atoms with van der Waals surface area (Å²) in [6.45, 7) is 14.0. The van der Waals surface area contributed by atoms with E-state index in [-0.39, 0.29) is 11.3 Å².